The number of para-hydroxylation sites is 1. The zero-order valence-electron chi connectivity index (χ0n) is 16.3. The summed E-state index contributed by atoms with van der Waals surface area (Å²) in [5, 5.41) is 0. The van der Waals surface area contributed by atoms with E-state index in [1.165, 1.54) is 6.07 Å². The van der Waals surface area contributed by atoms with Gasteiger partial charge in [-0.2, -0.15) is 0 Å². The van der Waals surface area contributed by atoms with Gasteiger partial charge in [0.05, 0.1) is 5.69 Å². The number of nitrogens with zero attached hydrogens (tertiary/aromatic N) is 1. The molecule has 0 saturated heterocycles. The lowest BCUT2D eigenvalue weighted by Crippen LogP contribution is -2.26. The van der Waals surface area contributed by atoms with Gasteiger partial charge in [-0.25, -0.2) is 4.39 Å². The molecule has 0 N–H and O–H groups in total. The van der Waals surface area contributed by atoms with Crippen LogP contribution in [0.2, 0.25) is 0 Å². The van der Waals surface area contributed by atoms with Crippen LogP contribution < -0.4 is 9.64 Å². The molecule has 0 atom stereocenters. The molecule has 1 aliphatic rings. The molecule has 0 spiro atoms. The minimum absolute atomic E-state index is 0.0351. The van der Waals surface area contributed by atoms with Crippen molar-refractivity contribution in [3.8, 4) is 5.75 Å². The Bertz CT molecular complexity index is 1060. The predicted octanol–water partition coefficient (Wildman–Crippen LogP) is 5.70. The first kappa shape index (κ1) is 18.9. The monoisotopic (exact) mass is 387 g/mol. The Hall–Kier alpha value is -3.40. The third-order valence-corrected chi connectivity index (χ3v) is 4.95. The van der Waals surface area contributed by atoms with Gasteiger partial charge in [0.15, 0.2) is 0 Å². The zero-order valence-corrected chi connectivity index (χ0v) is 16.3. The van der Waals surface area contributed by atoms with E-state index in [-0.39, 0.29) is 18.3 Å². The smallest absolute Gasteiger partial charge is 0.258 e. The average molecular weight is 387 g/mol. The number of amides is 1. The molecule has 4 heteroatoms. The molecule has 0 fully saturated rings. The van der Waals surface area contributed by atoms with Crippen LogP contribution in [0.1, 0.15) is 30.0 Å². The summed E-state index contributed by atoms with van der Waals surface area (Å²) in [5.41, 5.74) is 4.07. The molecular weight excluding hydrogens is 365 g/mol. The van der Waals surface area contributed by atoms with Crippen molar-refractivity contribution < 1.29 is 13.9 Å². The Labute approximate surface area is 170 Å². The van der Waals surface area contributed by atoms with Crippen molar-refractivity contribution in [1.29, 1.82) is 0 Å². The van der Waals surface area contributed by atoms with E-state index < -0.39 is 0 Å². The third-order valence-electron chi connectivity index (χ3n) is 4.95. The molecule has 0 saturated carbocycles. The maximum Gasteiger partial charge on any atom is 0.258 e. The second kappa shape index (κ2) is 8.31. The highest BCUT2D eigenvalue weighted by Crippen LogP contribution is 2.37. The Morgan fingerprint density at radius 3 is 2.45 bits per heavy atom. The molecule has 3 aromatic carbocycles. The minimum atomic E-state index is -0.274. The lowest BCUT2D eigenvalue weighted by atomic mass is 10.0. The van der Waals surface area contributed by atoms with Gasteiger partial charge in [-0.3, -0.25) is 4.79 Å². The van der Waals surface area contributed by atoms with Crippen molar-refractivity contribution in [3.05, 3.63) is 95.3 Å². The van der Waals surface area contributed by atoms with Crippen LogP contribution in [-0.4, -0.2) is 12.5 Å². The van der Waals surface area contributed by atoms with E-state index >= 15 is 0 Å². The van der Waals surface area contributed by atoms with E-state index in [4.69, 9.17) is 4.74 Å². The molecule has 1 aliphatic heterocycles. The molecular formula is C25H22FNO2. The van der Waals surface area contributed by atoms with Crippen molar-refractivity contribution in [1.82, 2.24) is 0 Å². The fourth-order valence-corrected chi connectivity index (χ4v) is 3.50. The maximum absolute atomic E-state index is 13.7. The third kappa shape index (κ3) is 3.92. The number of carbonyl (C=O) groups excluding carboxylic acids is 1. The van der Waals surface area contributed by atoms with Crippen LogP contribution >= 0.6 is 0 Å². The number of hydrogen-bond donors (Lipinski definition) is 0. The van der Waals surface area contributed by atoms with Crippen molar-refractivity contribution in [2.24, 2.45) is 0 Å². The first-order valence-corrected chi connectivity index (χ1v) is 9.76. The molecule has 0 bridgehead atoms. The lowest BCUT2D eigenvalue weighted by molar-refractivity contribution is -0.113. The fourth-order valence-electron chi connectivity index (χ4n) is 3.50. The molecule has 3 aromatic rings. The van der Waals surface area contributed by atoms with Gasteiger partial charge in [0.25, 0.3) is 5.91 Å². The van der Waals surface area contributed by atoms with Crippen LogP contribution in [0.25, 0.3) is 11.6 Å². The summed E-state index contributed by atoms with van der Waals surface area (Å²) in [6, 6.07) is 21.9. The highest BCUT2D eigenvalue weighted by atomic mass is 19.1. The minimum Gasteiger partial charge on any atom is -0.489 e. The predicted molar refractivity (Wildman–Crippen MR) is 114 cm³/mol. The SMILES string of the molecule is CCCN1C(=O)/C(=C\c2ccc(OCc3ccccc3F)cc2)c2ccccc21. The number of benzene rings is 3. The van der Waals surface area contributed by atoms with E-state index in [2.05, 4.69) is 6.92 Å². The topological polar surface area (TPSA) is 29.5 Å². The molecule has 29 heavy (non-hydrogen) atoms. The molecule has 3 nitrogen and oxygen atoms in total. The van der Waals surface area contributed by atoms with E-state index in [0.717, 1.165) is 23.2 Å². The number of hydrogen-bond acceptors (Lipinski definition) is 2. The Morgan fingerprint density at radius 2 is 1.69 bits per heavy atom. The van der Waals surface area contributed by atoms with E-state index in [0.29, 0.717) is 23.4 Å². The van der Waals surface area contributed by atoms with Gasteiger partial charge in [0.1, 0.15) is 18.2 Å². The lowest BCUT2D eigenvalue weighted by Gasteiger charge is -2.15. The van der Waals surface area contributed by atoms with Gasteiger partial charge in [-0.15, -0.1) is 0 Å². The van der Waals surface area contributed by atoms with Gasteiger partial charge >= 0.3 is 0 Å². The Kier molecular flexibility index (Phi) is 5.43. The molecule has 1 amide bonds. The van der Waals surface area contributed by atoms with E-state index in [1.807, 2.05) is 59.5 Å². The summed E-state index contributed by atoms with van der Waals surface area (Å²) in [7, 11) is 0. The quantitative estimate of drug-likeness (QED) is 0.508. The highest BCUT2D eigenvalue weighted by molar-refractivity contribution is 6.35. The van der Waals surface area contributed by atoms with Crippen LogP contribution in [0.15, 0.2) is 72.8 Å². The normalized spacial score (nSPS) is 14.3. The van der Waals surface area contributed by atoms with Gasteiger partial charge in [-0.05, 0) is 42.3 Å². The molecule has 0 aromatic heterocycles. The first-order valence-electron chi connectivity index (χ1n) is 9.76. The number of rotatable bonds is 6. The number of carbonyl (C=O) groups is 1. The van der Waals surface area contributed by atoms with Crippen molar-refractivity contribution >= 4 is 23.2 Å². The summed E-state index contributed by atoms with van der Waals surface area (Å²) in [6.45, 7) is 2.94. The molecule has 1 heterocycles. The summed E-state index contributed by atoms with van der Waals surface area (Å²) < 4.78 is 19.4. The number of ether oxygens (including phenoxy) is 1. The van der Waals surface area contributed by atoms with Crippen molar-refractivity contribution in [3.63, 3.8) is 0 Å². The molecule has 0 unspecified atom stereocenters. The maximum atomic E-state index is 13.7. The molecule has 0 radical (unpaired) electrons. The van der Waals surface area contributed by atoms with Crippen LogP contribution in [0.3, 0.4) is 0 Å². The van der Waals surface area contributed by atoms with Gasteiger partial charge in [0.2, 0.25) is 0 Å². The Balaban J connectivity index is 1.53. The highest BCUT2D eigenvalue weighted by Gasteiger charge is 2.31. The molecule has 146 valence electrons. The van der Waals surface area contributed by atoms with Crippen LogP contribution in [-0.2, 0) is 11.4 Å². The standard InChI is InChI=1S/C25H22FNO2/c1-2-15-27-24-10-6-4-8-21(24)22(25(27)28)16-18-11-13-20(14-12-18)29-17-19-7-3-5-9-23(19)26/h3-14,16H,2,15,17H2,1H3/b22-16-. The summed E-state index contributed by atoms with van der Waals surface area (Å²) in [5.74, 6) is 0.415. The second-order valence-corrected chi connectivity index (χ2v) is 6.98. The summed E-state index contributed by atoms with van der Waals surface area (Å²) in [6.07, 6.45) is 2.82. The number of anilines is 1. The summed E-state index contributed by atoms with van der Waals surface area (Å²) >= 11 is 0. The largest absolute Gasteiger partial charge is 0.489 e. The molecule has 4 rings (SSSR count). The number of fused-ring (bicyclic) bond motifs is 1. The van der Waals surface area contributed by atoms with Gasteiger partial charge in [0, 0.05) is 23.2 Å². The Morgan fingerprint density at radius 1 is 0.966 bits per heavy atom. The zero-order chi connectivity index (χ0) is 20.2. The van der Waals surface area contributed by atoms with Crippen molar-refractivity contribution in [2.45, 2.75) is 20.0 Å². The van der Waals surface area contributed by atoms with Crippen LogP contribution in [0, 0.1) is 5.82 Å². The second-order valence-electron chi connectivity index (χ2n) is 6.98. The first-order chi connectivity index (χ1) is 14.2. The average Bonchev–Trinajstić information content (AvgIpc) is 3.00. The fraction of sp³-hybridized carbons (Fsp3) is 0.160. The summed E-state index contributed by atoms with van der Waals surface area (Å²) in [4.78, 5) is 14.8. The van der Waals surface area contributed by atoms with E-state index in [1.54, 1.807) is 18.2 Å². The van der Waals surface area contributed by atoms with E-state index in [9.17, 15) is 9.18 Å². The molecule has 0 aliphatic carbocycles. The van der Waals surface area contributed by atoms with Crippen LogP contribution in [0.4, 0.5) is 10.1 Å². The van der Waals surface area contributed by atoms with Gasteiger partial charge < -0.3 is 9.64 Å². The van der Waals surface area contributed by atoms with Crippen molar-refractivity contribution in [2.75, 3.05) is 11.4 Å². The van der Waals surface area contributed by atoms with Crippen LogP contribution in [0.5, 0.6) is 5.75 Å². The van der Waals surface area contributed by atoms with Gasteiger partial charge in [-0.1, -0.05) is 55.5 Å². The number of halogens is 1.